The summed E-state index contributed by atoms with van der Waals surface area (Å²) >= 11 is 12.5. The van der Waals surface area contributed by atoms with Gasteiger partial charge in [0.2, 0.25) is 0 Å². The number of hydrogen-bond donors (Lipinski definition) is 1. The Morgan fingerprint density at radius 3 is 2.76 bits per heavy atom. The van der Waals surface area contributed by atoms with E-state index in [-0.39, 0.29) is 12.1 Å². The van der Waals surface area contributed by atoms with Crippen LogP contribution in [0.2, 0.25) is 10.0 Å². The van der Waals surface area contributed by atoms with E-state index in [2.05, 4.69) is 13.8 Å². The molecule has 1 fully saturated rings. The summed E-state index contributed by atoms with van der Waals surface area (Å²) in [5.41, 5.74) is 7.12. The summed E-state index contributed by atoms with van der Waals surface area (Å²) in [5.74, 6) is 1.50. The molecule has 4 heteroatoms. The molecule has 0 radical (unpaired) electrons. The Hall–Kier alpha value is -0.440. The van der Waals surface area contributed by atoms with Gasteiger partial charge in [0.15, 0.2) is 0 Å². The van der Waals surface area contributed by atoms with Crippen molar-refractivity contribution in [3.63, 3.8) is 0 Å². The fourth-order valence-electron chi connectivity index (χ4n) is 2.98. The summed E-state index contributed by atoms with van der Waals surface area (Å²) in [4.78, 5) is 0. The summed E-state index contributed by atoms with van der Waals surface area (Å²) in [6, 6.07) is 3.79. The number of benzene rings is 1. The minimum Gasteiger partial charge on any atom is -0.489 e. The average Bonchev–Trinajstić information content (AvgIpc) is 2.42. The molecule has 0 bridgehead atoms. The molecule has 21 heavy (non-hydrogen) atoms. The predicted molar refractivity (Wildman–Crippen MR) is 90.5 cm³/mol. The van der Waals surface area contributed by atoms with E-state index >= 15 is 0 Å². The zero-order chi connectivity index (χ0) is 15.4. The second-order valence-corrected chi connectivity index (χ2v) is 7.10. The molecule has 1 aromatic rings. The molecule has 0 saturated heterocycles. The molecule has 3 atom stereocenters. The fourth-order valence-corrected chi connectivity index (χ4v) is 3.56. The van der Waals surface area contributed by atoms with Gasteiger partial charge in [-0.3, -0.25) is 0 Å². The number of ether oxygens (including phenoxy) is 1. The first-order valence-electron chi connectivity index (χ1n) is 7.89. The second kappa shape index (κ2) is 7.71. The van der Waals surface area contributed by atoms with Gasteiger partial charge in [-0.1, -0.05) is 43.5 Å². The van der Waals surface area contributed by atoms with Crippen molar-refractivity contribution in [3.8, 4) is 5.75 Å². The van der Waals surface area contributed by atoms with Crippen LogP contribution in [-0.2, 0) is 6.42 Å². The number of halogens is 2. The predicted octanol–water partition coefficient (Wildman–Crippen LogP) is 5.23. The maximum Gasteiger partial charge on any atom is 0.141 e. The van der Waals surface area contributed by atoms with E-state index in [0.717, 1.165) is 42.9 Å². The molecule has 1 aliphatic rings. The molecule has 0 aromatic heterocycles. The van der Waals surface area contributed by atoms with Crippen molar-refractivity contribution in [1.29, 1.82) is 0 Å². The molecule has 2 N–H and O–H groups in total. The molecule has 0 heterocycles. The highest BCUT2D eigenvalue weighted by Gasteiger charge is 2.23. The lowest BCUT2D eigenvalue weighted by Crippen LogP contribution is -2.26. The van der Waals surface area contributed by atoms with Gasteiger partial charge < -0.3 is 10.5 Å². The van der Waals surface area contributed by atoms with E-state index in [0.29, 0.717) is 10.0 Å². The van der Waals surface area contributed by atoms with Crippen molar-refractivity contribution in [2.75, 3.05) is 0 Å². The smallest absolute Gasteiger partial charge is 0.141 e. The molecule has 1 aliphatic carbocycles. The molecular weight excluding hydrogens is 305 g/mol. The SMILES string of the molecule is CCC(N)Cc1cc(Cl)cc(Cl)c1OC1CCCC(C)C1. The molecule has 0 spiro atoms. The van der Waals surface area contributed by atoms with Gasteiger partial charge in [-0.25, -0.2) is 0 Å². The Kier molecular flexibility index (Phi) is 6.21. The number of hydrogen-bond acceptors (Lipinski definition) is 2. The molecule has 0 aliphatic heterocycles. The van der Waals surface area contributed by atoms with Crippen molar-refractivity contribution in [2.45, 2.75) is 64.5 Å². The van der Waals surface area contributed by atoms with Crippen LogP contribution in [0.1, 0.15) is 51.5 Å². The van der Waals surface area contributed by atoms with Crippen LogP contribution in [0.15, 0.2) is 12.1 Å². The Balaban J connectivity index is 2.19. The standard InChI is InChI=1S/C17H25Cl2NO/c1-3-14(20)9-12-8-13(18)10-16(19)17(12)21-15-6-4-5-11(2)7-15/h8,10-11,14-15H,3-7,9,20H2,1-2H3. The third-order valence-electron chi connectivity index (χ3n) is 4.26. The van der Waals surface area contributed by atoms with E-state index in [9.17, 15) is 0 Å². The van der Waals surface area contributed by atoms with Crippen molar-refractivity contribution >= 4 is 23.2 Å². The van der Waals surface area contributed by atoms with Crippen molar-refractivity contribution in [3.05, 3.63) is 27.7 Å². The van der Waals surface area contributed by atoms with Gasteiger partial charge in [0.25, 0.3) is 0 Å². The highest BCUT2D eigenvalue weighted by atomic mass is 35.5. The van der Waals surface area contributed by atoms with E-state index in [1.165, 1.54) is 12.8 Å². The first kappa shape index (κ1) is 16.9. The van der Waals surface area contributed by atoms with Crippen molar-refractivity contribution in [1.82, 2.24) is 0 Å². The van der Waals surface area contributed by atoms with Crippen molar-refractivity contribution in [2.24, 2.45) is 11.7 Å². The maximum absolute atomic E-state index is 6.37. The van der Waals surface area contributed by atoms with Crippen LogP contribution in [0, 0.1) is 5.92 Å². The largest absolute Gasteiger partial charge is 0.489 e. The normalized spacial score (nSPS) is 23.9. The first-order chi connectivity index (χ1) is 9.99. The summed E-state index contributed by atoms with van der Waals surface area (Å²) < 4.78 is 6.24. The van der Waals surface area contributed by atoms with Crippen LogP contribution in [0.25, 0.3) is 0 Å². The maximum atomic E-state index is 6.37. The van der Waals surface area contributed by atoms with Gasteiger partial charge in [-0.15, -0.1) is 0 Å². The minimum absolute atomic E-state index is 0.104. The van der Waals surface area contributed by atoms with Crippen LogP contribution in [0.3, 0.4) is 0 Å². The van der Waals surface area contributed by atoms with Crippen LogP contribution in [0.4, 0.5) is 0 Å². The average molecular weight is 330 g/mol. The fraction of sp³-hybridized carbons (Fsp3) is 0.647. The molecule has 2 rings (SSSR count). The van der Waals surface area contributed by atoms with Crippen molar-refractivity contribution < 1.29 is 4.74 Å². The zero-order valence-electron chi connectivity index (χ0n) is 12.9. The van der Waals surface area contributed by atoms with E-state index in [4.69, 9.17) is 33.7 Å². The lowest BCUT2D eigenvalue weighted by atomic mass is 9.88. The molecular formula is C17H25Cl2NO. The van der Waals surface area contributed by atoms with Crippen LogP contribution >= 0.6 is 23.2 Å². The van der Waals surface area contributed by atoms with Gasteiger partial charge in [0, 0.05) is 11.1 Å². The van der Waals surface area contributed by atoms with E-state index in [1.54, 1.807) is 6.07 Å². The lowest BCUT2D eigenvalue weighted by Gasteiger charge is -2.29. The van der Waals surface area contributed by atoms with Gasteiger partial charge in [-0.2, -0.15) is 0 Å². The first-order valence-corrected chi connectivity index (χ1v) is 8.65. The Labute approximate surface area is 137 Å². The highest BCUT2D eigenvalue weighted by Crippen LogP contribution is 2.36. The minimum atomic E-state index is 0.104. The van der Waals surface area contributed by atoms with Crippen LogP contribution in [0.5, 0.6) is 5.75 Å². The molecule has 118 valence electrons. The molecule has 0 amide bonds. The van der Waals surface area contributed by atoms with Crippen LogP contribution < -0.4 is 10.5 Å². The topological polar surface area (TPSA) is 35.2 Å². The zero-order valence-corrected chi connectivity index (χ0v) is 14.4. The summed E-state index contributed by atoms with van der Waals surface area (Å²) in [7, 11) is 0. The summed E-state index contributed by atoms with van der Waals surface area (Å²) in [5, 5.41) is 1.24. The van der Waals surface area contributed by atoms with E-state index in [1.807, 2.05) is 6.07 Å². The van der Waals surface area contributed by atoms with Gasteiger partial charge in [0.1, 0.15) is 5.75 Å². The number of nitrogens with two attached hydrogens (primary N) is 1. The second-order valence-electron chi connectivity index (χ2n) is 6.26. The summed E-state index contributed by atoms with van der Waals surface area (Å²) in [6.07, 6.45) is 6.63. The molecule has 3 unspecified atom stereocenters. The highest BCUT2D eigenvalue weighted by molar-refractivity contribution is 6.35. The van der Waals surface area contributed by atoms with Crippen LogP contribution in [-0.4, -0.2) is 12.1 Å². The molecule has 2 nitrogen and oxygen atoms in total. The monoisotopic (exact) mass is 329 g/mol. The molecule has 1 aromatic carbocycles. The van der Waals surface area contributed by atoms with Gasteiger partial charge >= 0.3 is 0 Å². The number of rotatable bonds is 5. The quantitative estimate of drug-likeness (QED) is 0.802. The third kappa shape index (κ3) is 4.77. The molecule has 1 saturated carbocycles. The third-order valence-corrected chi connectivity index (χ3v) is 4.76. The summed E-state index contributed by atoms with van der Waals surface area (Å²) in [6.45, 7) is 4.37. The van der Waals surface area contributed by atoms with E-state index < -0.39 is 0 Å². The van der Waals surface area contributed by atoms with Gasteiger partial charge in [0.05, 0.1) is 11.1 Å². The Morgan fingerprint density at radius 2 is 2.10 bits per heavy atom. The Bertz CT molecular complexity index is 478. The Morgan fingerprint density at radius 1 is 1.33 bits per heavy atom. The van der Waals surface area contributed by atoms with Gasteiger partial charge in [-0.05, 0) is 55.7 Å². The lowest BCUT2D eigenvalue weighted by molar-refractivity contribution is 0.128.